The maximum Gasteiger partial charge on any atom is 0.258 e. The first-order chi connectivity index (χ1) is 16.1. The zero-order valence-corrected chi connectivity index (χ0v) is 17.9. The lowest BCUT2D eigenvalue weighted by atomic mass is 10.2. The molecule has 1 N–H and O–H groups in total. The molecule has 2 heterocycles. The molecular formula is C23H22FN5O4. The van der Waals surface area contributed by atoms with Gasteiger partial charge >= 0.3 is 0 Å². The van der Waals surface area contributed by atoms with E-state index in [-0.39, 0.29) is 31.5 Å². The van der Waals surface area contributed by atoms with Gasteiger partial charge in [0.05, 0.1) is 13.2 Å². The van der Waals surface area contributed by atoms with Crippen molar-refractivity contribution >= 4 is 11.6 Å². The van der Waals surface area contributed by atoms with Gasteiger partial charge in [-0.1, -0.05) is 18.2 Å². The normalized spacial score (nSPS) is 10.7. The summed E-state index contributed by atoms with van der Waals surface area (Å²) in [5.74, 6) is 1.29. The Morgan fingerprint density at radius 3 is 2.64 bits per heavy atom. The first kappa shape index (κ1) is 22.0. The van der Waals surface area contributed by atoms with Gasteiger partial charge in [-0.05, 0) is 37.3 Å². The van der Waals surface area contributed by atoms with Crippen LogP contribution in [0.1, 0.15) is 6.92 Å². The highest BCUT2D eigenvalue weighted by atomic mass is 19.1. The maximum atomic E-state index is 13.6. The van der Waals surface area contributed by atoms with Crippen LogP contribution in [-0.2, 0) is 4.79 Å². The van der Waals surface area contributed by atoms with Crippen molar-refractivity contribution in [2.45, 2.75) is 6.92 Å². The molecule has 9 nitrogen and oxygen atoms in total. The van der Waals surface area contributed by atoms with Crippen molar-refractivity contribution in [1.29, 1.82) is 0 Å². The van der Waals surface area contributed by atoms with E-state index in [0.717, 1.165) is 0 Å². The van der Waals surface area contributed by atoms with Crippen LogP contribution in [0.5, 0.6) is 17.4 Å². The summed E-state index contributed by atoms with van der Waals surface area (Å²) in [7, 11) is 0. The van der Waals surface area contributed by atoms with Crippen molar-refractivity contribution in [3.63, 3.8) is 0 Å². The summed E-state index contributed by atoms with van der Waals surface area (Å²) in [5.41, 5.74) is 1.05. The fourth-order valence-corrected chi connectivity index (χ4v) is 3.02. The van der Waals surface area contributed by atoms with Crippen LogP contribution in [0, 0.1) is 5.82 Å². The van der Waals surface area contributed by atoms with E-state index in [1.807, 2.05) is 13.0 Å². The number of fused-ring (bicyclic) bond motifs is 1. The van der Waals surface area contributed by atoms with Gasteiger partial charge in [0.15, 0.2) is 18.1 Å². The molecule has 10 heteroatoms. The van der Waals surface area contributed by atoms with Crippen LogP contribution in [-0.4, -0.2) is 52.1 Å². The minimum atomic E-state index is -0.377. The van der Waals surface area contributed by atoms with Gasteiger partial charge < -0.3 is 19.5 Å². The Bertz CT molecular complexity index is 1250. The summed E-state index contributed by atoms with van der Waals surface area (Å²) in [5, 5.41) is 15.2. The molecule has 0 atom stereocenters. The number of hydrogen-bond donors (Lipinski definition) is 1. The molecule has 0 spiro atoms. The predicted octanol–water partition coefficient (Wildman–Crippen LogP) is 2.90. The van der Waals surface area contributed by atoms with Gasteiger partial charge in [0.2, 0.25) is 5.88 Å². The van der Waals surface area contributed by atoms with Crippen LogP contribution >= 0.6 is 0 Å². The van der Waals surface area contributed by atoms with Gasteiger partial charge in [-0.15, -0.1) is 15.3 Å². The molecule has 170 valence electrons. The SMILES string of the molecule is CCOc1cccc(OCC(=O)NCCOc2ccc3nnc(-c4cccc(F)c4)n3n2)c1. The molecule has 0 bridgehead atoms. The molecule has 33 heavy (non-hydrogen) atoms. The van der Waals surface area contributed by atoms with Gasteiger partial charge in [-0.3, -0.25) is 4.79 Å². The first-order valence-corrected chi connectivity index (χ1v) is 10.4. The summed E-state index contributed by atoms with van der Waals surface area (Å²) in [4.78, 5) is 12.0. The first-order valence-electron chi connectivity index (χ1n) is 10.4. The number of carbonyl (C=O) groups excluding carboxylic acids is 1. The average Bonchev–Trinajstić information content (AvgIpc) is 3.24. The highest BCUT2D eigenvalue weighted by Crippen LogP contribution is 2.20. The zero-order chi connectivity index (χ0) is 23.0. The lowest BCUT2D eigenvalue weighted by Crippen LogP contribution is -2.32. The molecular weight excluding hydrogens is 429 g/mol. The summed E-state index contributed by atoms with van der Waals surface area (Å²) < 4.78 is 31.5. The minimum absolute atomic E-state index is 0.127. The van der Waals surface area contributed by atoms with Gasteiger partial charge in [0.25, 0.3) is 5.91 Å². The number of amides is 1. The molecule has 2 aromatic heterocycles. The highest BCUT2D eigenvalue weighted by molar-refractivity contribution is 5.77. The Morgan fingerprint density at radius 2 is 1.82 bits per heavy atom. The minimum Gasteiger partial charge on any atom is -0.494 e. The third kappa shape index (κ3) is 5.73. The maximum absolute atomic E-state index is 13.6. The van der Waals surface area contributed by atoms with Gasteiger partial charge in [0, 0.05) is 17.7 Å². The summed E-state index contributed by atoms with van der Waals surface area (Å²) in [6, 6.07) is 16.5. The smallest absolute Gasteiger partial charge is 0.258 e. The Morgan fingerprint density at radius 1 is 1.00 bits per heavy atom. The van der Waals surface area contributed by atoms with Crippen molar-refractivity contribution in [3.05, 3.63) is 66.5 Å². The Labute approximate surface area is 189 Å². The lowest BCUT2D eigenvalue weighted by Gasteiger charge is -2.10. The van der Waals surface area contributed by atoms with Crippen molar-refractivity contribution in [3.8, 4) is 28.8 Å². The number of hydrogen-bond acceptors (Lipinski definition) is 7. The van der Waals surface area contributed by atoms with Crippen molar-refractivity contribution < 1.29 is 23.4 Å². The van der Waals surface area contributed by atoms with E-state index >= 15 is 0 Å². The number of ether oxygens (including phenoxy) is 3. The lowest BCUT2D eigenvalue weighted by molar-refractivity contribution is -0.123. The topological polar surface area (TPSA) is 99.9 Å². The van der Waals surface area contributed by atoms with Crippen LogP contribution in [0.25, 0.3) is 17.0 Å². The molecule has 4 rings (SSSR count). The van der Waals surface area contributed by atoms with E-state index in [4.69, 9.17) is 14.2 Å². The van der Waals surface area contributed by atoms with E-state index in [2.05, 4.69) is 20.6 Å². The summed E-state index contributed by atoms with van der Waals surface area (Å²) in [6.07, 6.45) is 0. The van der Waals surface area contributed by atoms with E-state index in [1.165, 1.54) is 16.6 Å². The fraction of sp³-hybridized carbons (Fsp3) is 0.217. The molecule has 1 amide bonds. The molecule has 2 aromatic carbocycles. The second kappa shape index (κ2) is 10.4. The average molecular weight is 451 g/mol. The molecule has 0 aliphatic carbocycles. The molecule has 0 saturated carbocycles. The van der Waals surface area contributed by atoms with E-state index in [1.54, 1.807) is 42.5 Å². The third-order valence-corrected chi connectivity index (χ3v) is 4.48. The third-order valence-electron chi connectivity index (χ3n) is 4.48. The summed E-state index contributed by atoms with van der Waals surface area (Å²) in [6.45, 7) is 2.78. The number of aromatic nitrogens is 4. The number of benzene rings is 2. The van der Waals surface area contributed by atoms with Crippen LogP contribution < -0.4 is 19.5 Å². The molecule has 0 fully saturated rings. The molecule has 0 aliphatic heterocycles. The predicted molar refractivity (Wildman–Crippen MR) is 118 cm³/mol. The highest BCUT2D eigenvalue weighted by Gasteiger charge is 2.11. The molecule has 0 unspecified atom stereocenters. The number of halogens is 1. The van der Waals surface area contributed by atoms with Gasteiger partial charge in [-0.2, -0.15) is 4.52 Å². The van der Waals surface area contributed by atoms with Gasteiger partial charge in [-0.25, -0.2) is 4.39 Å². The van der Waals surface area contributed by atoms with Crippen LogP contribution in [0.3, 0.4) is 0 Å². The second-order valence-electron chi connectivity index (χ2n) is 6.87. The molecule has 0 radical (unpaired) electrons. The zero-order valence-electron chi connectivity index (χ0n) is 17.9. The van der Waals surface area contributed by atoms with Gasteiger partial charge in [0.1, 0.15) is 23.9 Å². The monoisotopic (exact) mass is 451 g/mol. The second-order valence-corrected chi connectivity index (χ2v) is 6.87. The fourth-order valence-electron chi connectivity index (χ4n) is 3.02. The Balaban J connectivity index is 1.27. The van der Waals surface area contributed by atoms with Crippen LogP contribution in [0.15, 0.2) is 60.7 Å². The number of nitrogens with one attached hydrogen (secondary N) is 1. The number of carbonyl (C=O) groups is 1. The van der Waals surface area contributed by atoms with Crippen molar-refractivity contribution in [1.82, 2.24) is 25.1 Å². The van der Waals surface area contributed by atoms with E-state index < -0.39 is 0 Å². The summed E-state index contributed by atoms with van der Waals surface area (Å²) >= 11 is 0. The van der Waals surface area contributed by atoms with Crippen molar-refractivity contribution in [2.75, 3.05) is 26.4 Å². The quantitative estimate of drug-likeness (QED) is 0.370. The standard InChI is InChI=1S/C23H22FN5O4/c1-2-31-18-7-4-8-19(14-18)33-15-21(30)25-11-12-32-22-10-9-20-26-27-23(29(20)28-22)16-5-3-6-17(24)13-16/h3-10,13-14H,2,11-12,15H2,1H3,(H,25,30). The molecule has 4 aromatic rings. The van der Waals surface area contributed by atoms with Crippen molar-refractivity contribution in [2.24, 2.45) is 0 Å². The van der Waals surface area contributed by atoms with Crippen LogP contribution in [0.4, 0.5) is 4.39 Å². The Kier molecular flexibility index (Phi) is 6.93. The largest absolute Gasteiger partial charge is 0.494 e. The van der Waals surface area contributed by atoms with Crippen LogP contribution in [0.2, 0.25) is 0 Å². The molecule has 0 saturated heterocycles. The Hall–Kier alpha value is -4.21. The van der Waals surface area contributed by atoms with E-state index in [9.17, 15) is 9.18 Å². The molecule has 0 aliphatic rings. The number of nitrogens with zero attached hydrogens (tertiary/aromatic N) is 4. The van der Waals surface area contributed by atoms with E-state index in [0.29, 0.717) is 41.0 Å². The number of rotatable bonds is 10.